The molecule has 3 heterocycles. The molecule has 0 spiro atoms. The van der Waals surface area contributed by atoms with Gasteiger partial charge in [-0.3, -0.25) is 14.2 Å². The summed E-state index contributed by atoms with van der Waals surface area (Å²) in [5.41, 5.74) is -0.288. The minimum Gasteiger partial charge on any atom is -0.343 e. The lowest BCUT2D eigenvalue weighted by Crippen LogP contribution is -2.26. The number of nitrogens with zero attached hydrogens (tertiary/aromatic N) is 4. The molecule has 0 fully saturated rings. The van der Waals surface area contributed by atoms with E-state index in [4.69, 9.17) is 0 Å². The molecule has 0 saturated heterocycles. The molecule has 0 saturated carbocycles. The molecular formula is C15H16F3N5OS. The predicted octanol–water partition coefficient (Wildman–Crippen LogP) is 3.36. The highest BCUT2D eigenvalue weighted by molar-refractivity contribution is 7.20. The molecule has 0 aromatic carbocycles. The molecule has 1 N–H and O–H groups in total. The Balaban J connectivity index is 1.85. The van der Waals surface area contributed by atoms with Crippen LogP contribution in [0.2, 0.25) is 0 Å². The third kappa shape index (κ3) is 3.26. The van der Waals surface area contributed by atoms with Gasteiger partial charge in [0.2, 0.25) is 0 Å². The zero-order valence-corrected chi connectivity index (χ0v) is 14.6. The van der Waals surface area contributed by atoms with Crippen LogP contribution >= 0.6 is 11.3 Å². The van der Waals surface area contributed by atoms with Crippen molar-refractivity contribution >= 4 is 27.5 Å². The van der Waals surface area contributed by atoms with Gasteiger partial charge in [0.15, 0.2) is 5.69 Å². The van der Waals surface area contributed by atoms with E-state index in [1.54, 1.807) is 23.9 Å². The van der Waals surface area contributed by atoms with Crippen molar-refractivity contribution in [3.05, 3.63) is 34.6 Å². The van der Waals surface area contributed by atoms with E-state index >= 15 is 0 Å². The standard InChI is InChI=1S/C15H16F3N5OS/c1-4-23-6-5-10(20-23)8(2)19-13(24)11-7-9-12(15(16,17)18)21-22(3)14(9)25-11/h5-8H,4H2,1-3H3,(H,19,24)/t8-/m0/s1. The third-order valence-corrected chi connectivity index (χ3v) is 4.98. The van der Waals surface area contributed by atoms with E-state index in [2.05, 4.69) is 15.5 Å². The summed E-state index contributed by atoms with van der Waals surface area (Å²) in [6.07, 6.45) is -2.76. The van der Waals surface area contributed by atoms with Crippen LogP contribution in [0.1, 0.15) is 40.9 Å². The topological polar surface area (TPSA) is 64.7 Å². The van der Waals surface area contributed by atoms with Gasteiger partial charge >= 0.3 is 6.18 Å². The first-order valence-electron chi connectivity index (χ1n) is 7.58. The molecule has 1 atom stereocenters. The summed E-state index contributed by atoms with van der Waals surface area (Å²) in [4.78, 5) is 12.9. The number of nitrogens with one attached hydrogen (secondary N) is 1. The van der Waals surface area contributed by atoms with Gasteiger partial charge in [-0.2, -0.15) is 23.4 Å². The lowest BCUT2D eigenvalue weighted by Gasteiger charge is -2.10. The minimum atomic E-state index is -4.56. The fraction of sp³-hybridized carbons (Fsp3) is 0.400. The largest absolute Gasteiger partial charge is 0.435 e. The normalized spacial score (nSPS) is 13.4. The molecule has 3 rings (SSSR count). The molecule has 0 aliphatic heterocycles. The summed E-state index contributed by atoms with van der Waals surface area (Å²) in [7, 11) is 1.43. The van der Waals surface area contributed by atoms with Crippen molar-refractivity contribution < 1.29 is 18.0 Å². The molecule has 134 valence electrons. The van der Waals surface area contributed by atoms with Crippen LogP contribution in [-0.4, -0.2) is 25.5 Å². The Bertz CT molecular complexity index is 924. The average Bonchev–Trinajstić information content (AvgIpc) is 3.22. The van der Waals surface area contributed by atoms with E-state index in [9.17, 15) is 18.0 Å². The van der Waals surface area contributed by atoms with Gasteiger partial charge in [0.05, 0.1) is 16.6 Å². The van der Waals surface area contributed by atoms with Gasteiger partial charge in [-0.15, -0.1) is 11.3 Å². The third-order valence-electron chi connectivity index (χ3n) is 3.78. The van der Waals surface area contributed by atoms with Gasteiger partial charge in [-0.05, 0) is 26.0 Å². The summed E-state index contributed by atoms with van der Waals surface area (Å²) < 4.78 is 42.0. The molecule has 0 bridgehead atoms. The van der Waals surface area contributed by atoms with Crippen LogP contribution in [0, 0.1) is 0 Å². The van der Waals surface area contributed by atoms with Crippen molar-refractivity contribution in [2.45, 2.75) is 32.6 Å². The van der Waals surface area contributed by atoms with E-state index < -0.39 is 17.8 Å². The van der Waals surface area contributed by atoms with Crippen molar-refractivity contribution in [3.8, 4) is 0 Å². The number of aromatic nitrogens is 4. The van der Waals surface area contributed by atoms with Crippen molar-refractivity contribution in [1.82, 2.24) is 24.9 Å². The Morgan fingerprint density at radius 2 is 2.12 bits per heavy atom. The smallest absolute Gasteiger partial charge is 0.343 e. The van der Waals surface area contributed by atoms with Crippen molar-refractivity contribution in [1.29, 1.82) is 0 Å². The first-order chi connectivity index (χ1) is 11.7. The average molecular weight is 371 g/mol. The molecular weight excluding hydrogens is 355 g/mol. The fourth-order valence-corrected chi connectivity index (χ4v) is 3.46. The molecule has 6 nitrogen and oxygen atoms in total. The van der Waals surface area contributed by atoms with Crippen molar-refractivity contribution in [2.24, 2.45) is 7.05 Å². The van der Waals surface area contributed by atoms with Crippen molar-refractivity contribution in [2.75, 3.05) is 0 Å². The van der Waals surface area contributed by atoms with Gasteiger partial charge in [-0.25, -0.2) is 0 Å². The second-order valence-corrected chi connectivity index (χ2v) is 6.62. The number of carbonyl (C=O) groups excluding carboxylic acids is 1. The Labute approximate surface area is 145 Å². The van der Waals surface area contributed by atoms with E-state index in [1.165, 1.54) is 13.1 Å². The first-order valence-corrected chi connectivity index (χ1v) is 8.40. The number of hydrogen-bond acceptors (Lipinski definition) is 4. The zero-order chi connectivity index (χ0) is 18.4. The highest BCUT2D eigenvalue weighted by atomic mass is 32.1. The second-order valence-electron chi connectivity index (χ2n) is 5.59. The van der Waals surface area contributed by atoms with E-state index in [0.717, 1.165) is 16.0 Å². The van der Waals surface area contributed by atoms with Crippen LogP contribution in [0.3, 0.4) is 0 Å². The number of fused-ring (bicyclic) bond motifs is 1. The summed E-state index contributed by atoms with van der Waals surface area (Å²) in [6, 6.07) is 2.68. The van der Waals surface area contributed by atoms with Crippen LogP contribution in [0.15, 0.2) is 18.3 Å². The molecule has 3 aromatic rings. The number of carbonyl (C=O) groups is 1. The number of amides is 1. The second kappa shape index (κ2) is 6.17. The predicted molar refractivity (Wildman–Crippen MR) is 87.4 cm³/mol. The number of rotatable bonds is 4. The molecule has 0 aliphatic carbocycles. The number of alkyl halides is 3. The fourth-order valence-electron chi connectivity index (χ4n) is 2.49. The van der Waals surface area contributed by atoms with Crippen molar-refractivity contribution in [3.63, 3.8) is 0 Å². The molecule has 25 heavy (non-hydrogen) atoms. The minimum absolute atomic E-state index is 0.0620. The Morgan fingerprint density at radius 1 is 1.40 bits per heavy atom. The van der Waals surface area contributed by atoms with E-state index in [1.807, 2.05) is 6.92 Å². The quantitative estimate of drug-likeness (QED) is 0.765. The number of halogens is 3. The first kappa shape index (κ1) is 17.5. The maximum absolute atomic E-state index is 13.0. The molecule has 1 amide bonds. The lowest BCUT2D eigenvalue weighted by atomic mass is 10.2. The van der Waals surface area contributed by atoms with Gasteiger partial charge < -0.3 is 5.32 Å². The highest BCUT2D eigenvalue weighted by Gasteiger charge is 2.37. The van der Waals surface area contributed by atoms with Gasteiger partial charge in [0, 0.05) is 25.2 Å². The number of thiophene rings is 1. The lowest BCUT2D eigenvalue weighted by molar-refractivity contribution is -0.140. The summed E-state index contributed by atoms with van der Waals surface area (Å²) >= 11 is 0.979. The van der Waals surface area contributed by atoms with Crippen LogP contribution in [0.5, 0.6) is 0 Å². The molecule has 0 radical (unpaired) electrons. The Kier molecular flexibility index (Phi) is 4.31. The van der Waals surface area contributed by atoms with Gasteiger partial charge in [-0.1, -0.05) is 0 Å². The monoisotopic (exact) mass is 371 g/mol. The summed E-state index contributed by atoms with van der Waals surface area (Å²) in [6.45, 7) is 4.43. The SMILES string of the molecule is CCn1ccc([C@H](C)NC(=O)c2cc3c(C(F)(F)F)nn(C)c3s2)n1. The number of hydrogen-bond donors (Lipinski definition) is 1. The zero-order valence-electron chi connectivity index (χ0n) is 13.8. The van der Waals surface area contributed by atoms with Gasteiger partial charge in [0.1, 0.15) is 4.83 Å². The number of aryl methyl sites for hydroxylation is 2. The molecule has 3 aromatic heterocycles. The summed E-state index contributed by atoms with van der Waals surface area (Å²) in [5.74, 6) is -0.437. The van der Waals surface area contributed by atoms with E-state index in [-0.39, 0.29) is 16.3 Å². The molecule has 0 aliphatic rings. The molecule has 0 unspecified atom stereocenters. The van der Waals surface area contributed by atoms with Crippen LogP contribution in [0.25, 0.3) is 10.2 Å². The summed E-state index contributed by atoms with van der Waals surface area (Å²) in [5, 5.41) is 10.5. The van der Waals surface area contributed by atoms with Crippen LogP contribution in [-0.2, 0) is 19.8 Å². The Hall–Kier alpha value is -2.36. The van der Waals surface area contributed by atoms with Gasteiger partial charge in [0.25, 0.3) is 5.91 Å². The molecule has 10 heteroatoms. The van der Waals surface area contributed by atoms with Crippen LogP contribution in [0.4, 0.5) is 13.2 Å². The maximum atomic E-state index is 13.0. The van der Waals surface area contributed by atoms with E-state index in [0.29, 0.717) is 17.1 Å². The van der Waals surface area contributed by atoms with Crippen LogP contribution < -0.4 is 5.32 Å². The highest BCUT2D eigenvalue weighted by Crippen LogP contribution is 2.37. The Morgan fingerprint density at radius 3 is 2.72 bits per heavy atom. The maximum Gasteiger partial charge on any atom is 0.435 e.